The number of halogens is 1. The highest BCUT2D eigenvalue weighted by molar-refractivity contribution is 7.92. The maximum atomic E-state index is 14.5. The van der Waals surface area contributed by atoms with E-state index in [9.17, 15) is 18.0 Å². The Balaban J connectivity index is 1.58. The van der Waals surface area contributed by atoms with Crippen LogP contribution in [0.3, 0.4) is 0 Å². The van der Waals surface area contributed by atoms with Crippen molar-refractivity contribution in [1.82, 2.24) is 10.2 Å². The molecule has 2 amide bonds. The molecule has 1 unspecified atom stereocenters. The number of hydrogen-bond donors (Lipinski definition) is 1. The minimum absolute atomic E-state index is 0.0144. The van der Waals surface area contributed by atoms with Gasteiger partial charge in [-0.3, -0.25) is 13.9 Å². The van der Waals surface area contributed by atoms with Gasteiger partial charge in [0.15, 0.2) is 11.5 Å². The zero-order valence-corrected chi connectivity index (χ0v) is 27.0. The summed E-state index contributed by atoms with van der Waals surface area (Å²) in [5.74, 6) is -0.0440. The fourth-order valence-electron chi connectivity index (χ4n) is 5.19. The molecule has 0 bridgehead atoms. The molecule has 1 atom stereocenters. The van der Waals surface area contributed by atoms with E-state index in [4.69, 9.17) is 21.1 Å². The van der Waals surface area contributed by atoms with Crippen molar-refractivity contribution < 1.29 is 27.5 Å². The van der Waals surface area contributed by atoms with Crippen LogP contribution in [0, 0.1) is 0 Å². The number of sulfonamides is 1. The first-order valence-electron chi connectivity index (χ1n) is 15.1. The van der Waals surface area contributed by atoms with Crippen LogP contribution >= 0.6 is 11.6 Å². The predicted molar refractivity (Wildman–Crippen MR) is 178 cm³/mol. The Kier molecular flexibility index (Phi) is 10.8. The molecule has 0 saturated carbocycles. The van der Waals surface area contributed by atoms with Gasteiger partial charge in [0, 0.05) is 30.6 Å². The van der Waals surface area contributed by atoms with E-state index in [-0.39, 0.29) is 29.5 Å². The molecule has 0 aromatic heterocycles. The van der Waals surface area contributed by atoms with Crippen LogP contribution in [0.1, 0.15) is 24.5 Å². The number of anilines is 1. The van der Waals surface area contributed by atoms with E-state index in [0.29, 0.717) is 48.3 Å². The molecule has 5 rings (SSSR count). The van der Waals surface area contributed by atoms with Crippen molar-refractivity contribution >= 4 is 39.1 Å². The van der Waals surface area contributed by atoms with E-state index in [2.05, 4.69) is 5.32 Å². The Labute approximate surface area is 274 Å². The van der Waals surface area contributed by atoms with Crippen LogP contribution in [-0.2, 0) is 32.6 Å². The van der Waals surface area contributed by atoms with Crippen molar-refractivity contribution in [2.75, 3.05) is 30.6 Å². The van der Waals surface area contributed by atoms with Gasteiger partial charge in [-0.25, -0.2) is 8.42 Å². The highest BCUT2D eigenvalue weighted by Crippen LogP contribution is 2.36. The lowest BCUT2D eigenvalue weighted by Crippen LogP contribution is -2.53. The lowest BCUT2D eigenvalue weighted by atomic mass is 10.0. The van der Waals surface area contributed by atoms with Crippen molar-refractivity contribution in [1.29, 1.82) is 0 Å². The predicted octanol–water partition coefficient (Wildman–Crippen LogP) is 5.47. The molecule has 1 heterocycles. The Morgan fingerprint density at radius 3 is 2.22 bits per heavy atom. The molecule has 1 aliphatic heterocycles. The minimum atomic E-state index is -4.24. The number of amides is 2. The van der Waals surface area contributed by atoms with Crippen LogP contribution in [0.25, 0.3) is 0 Å². The molecular weight excluding hydrogens is 626 g/mol. The average molecular weight is 662 g/mol. The van der Waals surface area contributed by atoms with Crippen LogP contribution in [0.2, 0.25) is 5.02 Å². The van der Waals surface area contributed by atoms with Gasteiger partial charge in [0.1, 0.15) is 25.8 Å². The van der Waals surface area contributed by atoms with Crippen LogP contribution in [-0.4, -0.2) is 57.5 Å². The zero-order valence-electron chi connectivity index (χ0n) is 25.5. The van der Waals surface area contributed by atoms with Crippen molar-refractivity contribution in [2.45, 2.75) is 37.2 Å². The summed E-state index contributed by atoms with van der Waals surface area (Å²) in [5.41, 5.74) is 1.77. The summed E-state index contributed by atoms with van der Waals surface area (Å²) in [6.07, 6.45) is 0.928. The monoisotopic (exact) mass is 661 g/mol. The number of carbonyl (C=O) groups excluding carboxylic acids is 2. The van der Waals surface area contributed by atoms with Gasteiger partial charge in [-0.2, -0.15) is 0 Å². The maximum Gasteiger partial charge on any atom is 0.264 e. The highest BCUT2D eigenvalue weighted by atomic mass is 35.5. The first kappa shape index (κ1) is 32.8. The number of carbonyl (C=O) groups is 2. The van der Waals surface area contributed by atoms with Crippen LogP contribution in [0.4, 0.5) is 5.69 Å². The summed E-state index contributed by atoms with van der Waals surface area (Å²) in [7, 11) is -4.24. The van der Waals surface area contributed by atoms with Crippen LogP contribution in [0.5, 0.6) is 11.5 Å². The van der Waals surface area contributed by atoms with Gasteiger partial charge in [0.25, 0.3) is 10.0 Å². The molecule has 1 N–H and O–H groups in total. The number of hydrogen-bond acceptors (Lipinski definition) is 6. The Hall–Kier alpha value is -4.54. The first-order chi connectivity index (χ1) is 22.3. The topological polar surface area (TPSA) is 105 Å². The SMILES string of the molecule is CCCNC(=O)C(Cc1ccccc1)N(Cc1cccc(Cl)c1)C(=O)CN(c1ccc2c(c1)OCCO2)S(=O)(=O)c1ccccc1. The van der Waals surface area contributed by atoms with Gasteiger partial charge in [-0.1, -0.05) is 79.2 Å². The van der Waals surface area contributed by atoms with E-state index in [0.717, 1.165) is 9.87 Å². The number of rotatable bonds is 13. The van der Waals surface area contributed by atoms with E-state index in [1.165, 1.54) is 17.0 Å². The van der Waals surface area contributed by atoms with Gasteiger partial charge in [-0.15, -0.1) is 0 Å². The molecule has 0 aliphatic carbocycles. The van der Waals surface area contributed by atoms with Crippen molar-refractivity contribution in [3.63, 3.8) is 0 Å². The normalized spacial score (nSPS) is 13.0. The Morgan fingerprint density at radius 2 is 1.52 bits per heavy atom. The Bertz CT molecular complexity index is 1750. The average Bonchev–Trinajstić information content (AvgIpc) is 3.08. The first-order valence-corrected chi connectivity index (χ1v) is 16.9. The second-order valence-corrected chi connectivity index (χ2v) is 13.1. The van der Waals surface area contributed by atoms with E-state index in [1.54, 1.807) is 54.6 Å². The molecule has 4 aromatic rings. The molecule has 0 saturated heterocycles. The molecule has 0 spiro atoms. The smallest absolute Gasteiger partial charge is 0.264 e. The highest BCUT2D eigenvalue weighted by Gasteiger charge is 2.35. The standard InChI is InChI=1S/C35H36ClN3O6S/c1-2-18-37-35(41)31(22-26-10-5-3-6-11-26)38(24-27-12-9-13-28(36)21-27)34(40)25-39(46(42,43)30-14-7-4-8-15-30)29-16-17-32-33(23-29)45-20-19-44-32/h3-17,21,23,31H,2,18-20,22,24-25H2,1H3,(H,37,41). The van der Waals surface area contributed by atoms with Crippen molar-refractivity contribution in [3.8, 4) is 11.5 Å². The summed E-state index contributed by atoms with van der Waals surface area (Å²) in [6, 6.07) is 28.2. The van der Waals surface area contributed by atoms with E-state index >= 15 is 0 Å². The van der Waals surface area contributed by atoms with Gasteiger partial charge >= 0.3 is 0 Å². The summed E-state index contributed by atoms with van der Waals surface area (Å²) < 4.78 is 40.8. The largest absolute Gasteiger partial charge is 0.486 e. The molecule has 1 aliphatic rings. The fraction of sp³-hybridized carbons (Fsp3) is 0.257. The van der Waals surface area contributed by atoms with Crippen molar-refractivity contribution in [2.24, 2.45) is 0 Å². The summed E-state index contributed by atoms with van der Waals surface area (Å²) in [4.78, 5) is 29.7. The summed E-state index contributed by atoms with van der Waals surface area (Å²) in [6.45, 7) is 2.50. The fourth-order valence-corrected chi connectivity index (χ4v) is 6.83. The number of ether oxygens (including phenoxy) is 2. The van der Waals surface area contributed by atoms with Gasteiger partial charge in [0.2, 0.25) is 11.8 Å². The van der Waals surface area contributed by atoms with Gasteiger partial charge < -0.3 is 19.7 Å². The molecule has 9 nitrogen and oxygen atoms in total. The summed E-state index contributed by atoms with van der Waals surface area (Å²) >= 11 is 6.31. The molecule has 240 valence electrons. The van der Waals surface area contributed by atoms with E-state index < -0.39 is 28.5 Å². The lowest BCUT2D eigenvalue weighted by Gasteiger charge is -2.34. The number of nitrogens with one attached hydrogen (secondary N) is 1. The number of benzene rings is 4. The molecule has 4 aromatic carbocycles. The third-order valence-electron chi connectivity index (χ3n) is 7.49. The summed E-state index contributed by atoms with van der Waals surface area (Å²) in [5, 5.41) is 3.42. The number of fused-ring (bicyclic) bond motifs is 1. The molecular formula is C35H36ClN3O6S. The van der Waals surface area contributed by atoms with Crippen LogP contribution < -0.4 is 19.1 Å². The quantitative estimate of drug-likeness (QED) is 0.204. The van der Waals surface area contributed by atoms with Crippen LogP contribution in [0.15, 0.2) is 108 Å². The second-order valence-electron chi connectivity index (χ2n) is 10.8. The second kappa shape index (κ2) is 15.2. The van der Waals surface area contributed by atoms with Crippen molar-refractivity contribution in [3.05, 3.63) is 119 Å². The minimum Gasteiger partial charge on any atom is -0.486 e. The Morgan fingerprint density at radius 1 is 0.848 bits per heavy atom. The number of nitrogens with zero attached hydrogens (tertiary/aromatic N) is 2. The lowest BCUT2D eigenvalue weighted by molar-refractivity contribution is -0.140. The van der Waals surface area contributed by atoms with Gasteiger partial charge in [-0.05, 0) is 53.9 Å². The molecule has 46 heavy (non-hydrogen) atoms. The molecule has 0 fully saturated rings. The maximum absolute atomic E-state index is 14.5. The zero-order chi connectivity index (χ0) is 32.5. The van der Waals surface area contributed by atoms with E-state index in [1.807, 2.05) is 43.3 Å². The molecule has 0 radical (unpaired) electrons. The van der Waals surface area contributed by atoms with Gasteiger partial charge in [0.05, 0.1) is 10.6 Å². The molecule has 11 heteroatoms. The third-order valence-corrected chi connectivity index (χ3v) is 9.51. The third kappa shape index (κ3) is 7.99.